The highest BCUT2D eigenvalue weighted by Gasteiger charge is 2.60. The number of nitrogens with one attached hydrogen (secondary N) is 1. The quantitative estimate of drug-likeness (QED) is 0.462. The van der Waals surface area contributed by atoms with Gasteiger partial charge in [0.05, 0.1) is 0 Å². The predicted molar refractivity (Wildman–Crippen MR) is 131 cm³/mol. The Morgan fingerprint density at radius 2 is 1.61 bits per heavy atom. The third kappa shape index (κ3) is 4.35. The van der Waals surface area contributed by atoms with Crippen molar-refractivity contribution in [2.45, 2.75) is 125 Å². The van der Waals surface area contributed by atoms with E-state index in [-0.39, 0.29) is 5.91 Å². The van der Waals surface area contributed by atoms with E-state index in [9.17, 15) is 4.79 Å². The lowest BCUT2D eigenvalue weighted by Crippen LogP contribution is -2.55. The van der Waals surface area contributed by atoms with E-state index >= 15 is 0 Å². The zero-order valence-electron chi connectivity index (χ0n) is 21.5. The van der Waals surface area contributed by atoms with Crippen LogP contribution >= 0.6 is 0 Å². The normalized spacial score (nSPS) is 45.5. The molecule has 4 aliphatic carbocycles. The van der Waals surface area contributed by atoms with Gasteiger partial charge in [-0.15, -0.1) is 0 Å². The highest BCUT2D eigenvalue weighted by Crippen LogP contribution is 2.68. The van der Waals surface area contributed by atoms with Crippen LogP contribution in [0.15, 0.2) is 0 Å². The van der Waals surface area contributed by atoms with E-state index in [1.54, 1.807) is 6.92 Å². The number of amides is 1. The van der Waals surface area contributed by atoms with Crippen LogP contribution in [-0.2, 0) is 4.79 Å². The maximum Gasteiger partial charge on any atom is 0.217 e. The zero-order valence-corrected chi connectivity index (χ0v) is 21.5. The third-order valence-electron chi connectivity index (χ3n) is 11.3. The standard InChI is InChI=1S/C29H51NO/c1-19(2)8-7-9-20(3)25-12-13-26-24-11-10-22-18-23(30-21(4)31)14-16-28(22,5)27(24)15-17-29(25,26)6/h19-20,22-27H,7-18H2,1-6H3,(H,30,31)/t20-,22-,23-,24+,25-,26-,27+,28-,29+/m0/s1. The first-order chi connectivity index (χ1) is 14.6. The lowest BCUT2D eigenvalue weighted by Gasteiger charge is -2.61. The van der Waals surface area contributed by atoms with Gasteiger partial charge in [-0.25, -0.2) is 0 Å². The minimum Gasteiger partial charge on any atom is -0.354 e. The first-order valence-corrected chi connectivity index (χ1v) is 13.9. The Hall–Kier alpha value is -0.530. The fourth-order valence-corrected chi connectivity index (χ4v) is 9.70. The van der Waals surface area contributed by atoms with Gasteiger partial charge in [-0.2, -0.15) is 0 Å². The molecule has 4 fully saturated rings. The Kier molecular flexibility index (Phi) is 6.87. The fourth-order valence-electron chi connectivity index (χ4n) is 9.70. The van der Waals surface area contributed by atoms with Crippen molar-refractivity contribution in [1.82, 2.24) is 5.32 Å². The van der Waals surface area contributed by atoms with Crippen LogP contribution in [0.5, 0.6) is 0 Å². The van der Waals surface area contributed by atoms with Gasteiger partial charge < -0.3 is 5.32 Å². The summed E-state index contributed by atoms with van der Waals surface area (Å²) in [6.07, 6.45) is 16.9. The molecule has 0 heterocycles. The Morgan fingerprint density at radius 1 is 0.903 bits per heavy atom. The SMILES string of the molecule is CC(=O)N[C@H]1CC[C@@]2(C)[C@@H](CC[C@H]3[C@H]2CC[C@@]2(C)[C@H]3CC[C@H]2[C@@H](C)CCCC(C)C)C1. The summed E-state index contributed by atoms with van der Waals surface area (Å²) in [7, 11) is 0. The summed E-state index contributed by atoms with van der Waals surface area (Å²) in [6, 6.07) is 0.434. The van der Waals surface area contributed by atoms with E-state index in [2.05, 4.69) is 39.9 Å². The van der Waals surface area contributed by atoms with Crippen LogP contribution in [0, 0.1) is 52.3 Å². The summed E-state index contributed by atoms with van der Waals surface area (Å²) in [5.74, 6) is 6.62. The van der Waals surface area contributed by atoms with Crippen molar-refractivity contribution in [2.24, 2.45) is 52.3 Å². The van der Waals surface area contributed by atoms with Gasteiger partial charge in [0.2, 0.25) is 5.91 Å². The van der Waals surface area contributed by atoms with Gasteiger partial charge in [-0.1, -0.05) is 53.9 Å². The number of hydrogen-bond acceptors (Lipinski definition) is 1. The molecular weight excluding hydrogens is 378 g/mol. The maximum absolute atomic E-state index is 11.6. The van der Waals surface area contributed by atoms with Crippen LogP contribution in [0.3, 0.4) is 0 Å². The van der Waals surface area contributed by atoms with Gasteiger partial charge in [0.15, 0.2) is 0 Å². The lowest BCUT2D eigenvalue weighted by atomic mass is 9.44. The van der Waals surface area contributed by atoms with Crippen molar-refractivity contribution < 1.29 is 4.79 Å². The number of carbonyl (C=O) groups is 1. The van der Waals surface area contributed by atoms with E-state index in [0.717, 1.165) is 41.4 Å². The van der Waals surface area contributed by atoms with Crippen molar-refractivity contribution in [3.05, 3.63) is 0 Å². The topological polar surface area (TPSA) is 29.1 Å². The van der Waals surface area contributed by atoms with Crippen LogP contribution in [0.1, 0.15) is 119 Å². The average Bonchev–Trinajstić information content (AvgIpc) is 3.05. The summed E-state index contributed by atoms with van der Waals surface area (Å²) >= 11 is 0. The lowest BCUT2D eigenvalue weighted by molar-refractivity contribution is -0.126. The number of carbonyl (C=O) groups excluding carboxylic acids is 1. The molecule has 1 amide bonds. The van der Waals surface area contributed by atoms with Gasteiger partial charge in [0, 0.05) is 13.0 Å². The second-order valence-electron chi connectivity index (χ2n) is 13.4. The van der Waals surface area contributed by atoms with Crippen LogP contribution in [-0.4, -0.2) is 11.9 Å². The monoisotopic (exact) mass is 429 g/mol. The second-order valence-corrected chi connectivity index (χ2v) is 13.4. The molecule has 0 aromatic heterocycles. The average molecular weight is 430 g/mol. The van der Waals surface area contributed by atoms with Crippen molar-refractivity contribution >= 4 is 5.91 Å². The number of hydrogen-bond donors (Lipinski definition) is 1. The second kappa shape index (κ2) is 9.02. The fraction of sp³-hybridized carbons (Fsp3) is 0.966. The van der Waals surface area contributed by atoms with Crippen LogP contribution in [0.4, 0.5) is 0 Å². The molecule has 4 saturated carbocycles. The first-order valence-electron chi connectivity index (χ1n) is 13.9. The van der Waals surface area contributed by atoms with Gasteiger partial charge in [0.25, 0.3) is 0 Å². The van der Waals surface area contributed by atoms with Crippen LogP contribution in [0.2, 0.25) is 0 Å². The van der Waals surface area contributed by atoms with Gasteiger partial charge >= 0.3 is 0 Å². The summed E-state index contributed by atoms with van der Waals surface area (Å²) in [5, 5.41) is 3.25. The molecule has 2 nitrogen and oxygen atoms in total. The molecule has 0 aromatic rings. The molecule has 0 spiro atoms. The molecule has 0 bridgehead atoms. The van der Waals surface area contributed by atoms with Crippen LogP contribution in [0.25, 0.3) is 0 Å². The molecule has 4 rings (SSSR count). The molecule has 1 N–H and O–H groups in total. The van der Waals surface area contributed by atoms with E-state index in [1.165, 1.54) is 77.0 Å². The minimum absolute atomic E-state index is 0.162. The minimum atomic E-state index is 0.162. The molecule has 2 heteroatoms. The highest BCUT2D eigenvalue weighted by molar-refractivity contribution is 5.73. The molecule has 0 aromatic carbocycles. The molecule has 0 saturated heterocycles. The number of rotatable bonds is 6. The van der Waals surface area contributed by atoms with E-state index in [0.29, 0.717) is 16.9 Å². The Labute approximate surface area is 193 Å². The van der Waals surface area contributed by atoms with E-state index < -0.39 is 0 Å². The molecule has 0 radical (unpaired) electrons. The largest absolute Gasteiger partial charge is 0.354 e. The van der Waals surface area contributed by atoms with Gasteiger partial charge in [0.1, 0.15) is 0 Å². The van der Waals surface area contributed by atoms with Gasteiger partial charge in [-0.3, -0.25) is 4.79 Å². The summed E-state index contributed by atoms with van der Waals surface area (Å²) in [4.78, 5) is 11.6. The third-order valence-corrected chi connectivity index (χ3v) is 11.3. The van der Waals surface area contributed by atoms with Gasteiger partial charge in [-0.05, 0) is 110 Å². The smallest absolute Gasteiger partial charge is 0.217 e. The summed E-state index contributed by atoms with van der Waals surface area (Å²) < 4.78 is 0. The molecule has 4 aliphatic rings. The van der Waals surface area contributed by atoms with E-state index in [4.69, 9.17) is 0 Å². The highest BCUT2D eigenvalue weighted by atomic mass is 16.1. The molecule has 178 valence electrons. The molecule has 0 unspecified atom stereocenters. The Morgan fingerprint density at radius 3 is 2.32 bits per heavy atom. The maximum atomic E-state index is 11.6. The Balaban J connectivity index is 1.43. The first kappa shape index (κ1) is 23.6. The number of fused-ring (bicyclic) bond motifs is 5. The van der Waals surface area contributed by atoms with Crippen molar-refractivity contribution in [3.8, 4) is 0 Å². The zero-order chi connectivity index (χ0) is 22.4. The molecule has 31 heavy (non-hydrogen) atoms. The van der Waals surface area contributed by atoms with Crippen molar-refractivity contribution in [3.63, 3.8) is 0 Å². The predicted octanol–water partition coefficient (Wildman–Crippen LogP) is 7.61. The molecule has 9 atom stereocenters. The summed E-state index contributed by atoms with van der Waals surface area (Å²) in [6.45, 7) is 14.4. The van der Waals surface area contributed by atoms with Crippen LogP contribution < -0.4 is 5.32 Å². The molecule has 0 aliphatic heterocycles. The van der Waals surface area contributed by atoms with Crippen molar-refractivity contribution in [2.75, 3.05) is 0 Å². The Bertz CT molecular complexity index is 643. The molecular formula is C29H51NO. The summed E-state index contributed by atoms with van der Waals surface area (Å²) in [5.41, 5.74) is 1.13. The van der Waals surface area contributed by atoms with Crippen molar-refractivity contribution in [1.29, 1.82) is 0 Å². The van der Waals surface area contributed by atoms with E-state index in [1.807, 2.05) is 0 Å².